The third-order valence-electron chi connectivity index (χ3n) is 4.89. The first kappa shape index (κ1) is 18.2. The van der Waals surface area contributed by atoms with Gasteiger partial charge in [-0.3, -0.25) is 9.59 Å². The second-order valence-electron chi connectivity index (χ2n) is 6.77. The second kappa shape index (κ2) is 9.18. The summed E-state index contributed by atoms with van der Waals surface area (Å²) in [4.78, 5) is 26.0. The molecule has 0 bridgehead atoms. The van der Waals surface area contributed by atoms with E-state index in [1.165, 1.54) is 0 Å². The van der Waals surface area contributed by atoms with Crippen LogP contribution in [-0.4, -0.2) is 36.3 Å². The van der Waals surface area contributed by atoms with Crippen molar-refractivity contribution in [3.8, 4) is 0 Å². The van der Waals surface area contributed by atoms with Gasteiger partial charge in [0.15, 0.2) is 0 Å². The van der Waals surface area contributed by atoms with Crippen LogP contribution in [0.15, 0.2) is 60.7 Å². The van der Waals surface area contributed by atoms with Crippen molar-refractivity contribution in [2.45, 2.75) is 31.6 Å². The zero-order valence-electron chi connectivity index (χ0n) is 15.1. The molecule has 3 rings (SSSR count). The molecule has 0 aliphatic carbocycles. The molecule has 2 aromatic rings. The molecule has 0 saturated carbocycles. The Kier molecular flexibility index (Phi) is 6.42. The first-order valence-corrected chi connectivity index (χ1v) is 9.38. The molecule has 4 nitrogen and oxygen atoms in total. The summed E-state index contributed by atoms with van der Waals surface area (Å²) in [5.74, 6) is 0.345. The van der Waals surface area contributed by atoms with Gasteiger partial charge in [0, 0.05) is 38.4 Å². The van der Waals surface area contributed by atoms with Crippen LogP contribution in [0.5, 0.6) is 0 Å². The Morgan fingerprint density at radius 2 is 1.62 bits per heavy atom. The van der Waals surface area contributed by atoms with Crippen LogP contribution in [-0.2, 0) is 9.59 Å². The zero-order chi connectivity index (χ0) is 18.2. The van der Waals surface area contributed by atoms with Crippen LogP contribution in [0.25, 0.3) is 0 Å². The number of hydrogen-bond donors (Lipinski definition) is 1. The quantitative estimate of drug-likeness (QED) is 0.743. The highest BCUT2D eigenvalue weighted by molar-refractivity contribution is 5.78. The predicted octanol–water partition coefficient (Wildman–Crippen LogP) is 3.34. The third-order valence-corrected chi connectivity index (χ3v) is 4.89. The lowest BCUT2D eigenvalue weighted by atomic mass is 9.88. The molecule has 0 radical (unpaired) electrons. The maximum atomic E-state index is 12.5. The molecule has 2 amide bonds. The SMILES string of the molecule is O=C(CC(c1ccccc1)c1ccccc1)NCCCN1CCCC1=O. The van der Waals surface area contributed by atoms with E-state index in [0.717, 1.165) is 37.1 Å². The second-order valence-corrected chi connectivity index (χ2v) is 6.77. The highest BCUT2D eigenvalue weighted by Crippen LogP contribution is 2.27. The molecular formula is C22H26N2O2. The van der Waals surface area contributed by atoms with Gasteiger partial charge in [0.1, 0.15) is 0 Å². The van der Waals surface area contributed by atoms with Crippen molar-refractivity contribution in [2.75, 3.05) is 19.6 Å². The fourth-order valence-electron chi connectivity index (χ4n) is 3.49. The van der Waals surface area contributed by atoms with Crippen molar-refractivity contribution in [3.05, 3.63) is 71.8 Å². The topological polar surface area (TPSA) is 49.4 Å². The summed E-state index contributed by atoms with van der Waals surface area (Å²) in [6, 6.07) is 20.3. The van der Waals surface area contributed by atoms with Gasteiger partial charge < -0.3 is 10.2 Å². The van der Waals surface area contributed by atoms with Crippen molar-refractivity contribution < 1.29 is 9.59 Å². The molecule has 0 atom stereocenters. The smallest absolute Gasteiger partial charge is 0.222 e. The van der Waals surface area contributed by atoms with Gasteiger partial charge in [0.25, 0.3) is 0 Å². The number of carbonyl (C=O) groups excluding carboxylic acids is 2. The molecule has 0 spiro atoms. The minimum absolute atomic E-state index is 0.0513. The van der Waals surface area contributed by atoms with Gasteiger partial charge in [0.05, 0.1) is 0 Å². The van der Waals surface area contributed by atoms with E-state index in [4.69, 9.17) is 0 Å². The Labute approximate surface area is 155 Å². The molecule has 1 heterocycles. The van der Waals surface area contributed by atoms with E-state index in [1.54, 1.807) is 0 Å². The number of hydrogen-bond acceptors (Lipinski definition) is 2. The fourth-order valence-corrected chi connectivity index (χ4v) is 3.49. The van der Waals surface area contributed by atoms with Gasteiger partial charge in [-0.1, -0.05) is 60.7 Å². The summed E-state index contributed by atoms with van der Waals surface area (Å²) >= 11 is 0. The van der Waals surface area contributed by atoms with Gasteiger partial charge in [-0.2, -0.15) is 0 Å². The number of nitrogens with zero attached hydrogens (tertiary/aromatic N) is 1. The number of amides is 2. The van der Waals surface area contributed by atoms with Gasteiger partial charge in [-0.25, -0.2) is 0 Å². The van der Waals surface area contributed by atoms with Gasteiger partial charge in [-0.15, -0.1) is 0 Å². The summed E-state index contributed by atoms with van der Waals surface area (Å²) in [5.41, 5.74) is 2.30. The zero-order valence-corrected chi connectivity index (χ0v) is 15.1. The Bertz CT molecular complexity index is 676. The van der Waals surface area contributed by atoms with Crippen molar-refractivity contribution in [1.82, 2.24) is 10.2 Å². The van der Waals surface area contributed by atoms with Crippen LogP contribution in [0.2, 0.25) is 0 Å². The van der Waals surface area contributed by atoms with E-state index in [0.29, 0.717) is 19.4 Å². The molecule has 1 fully saturated rings. The van der Waals surface area contributed by atoms with Gasteiger partial charge >= 0.3 is 0 Å². The monoisotopic (exact) mass is 350 g/mol. The molecule has 4 heteroatoms. The van der Waals surface area contributed by atoms with E-state index in [1.807, 2.05) is 41.3 Å². The van der Waals surface area contributed by atoms with Crippen molar-refractivity contribution in [1.29, 1.82) is 0 Å². The van der Waals surface area contributed by atoms with Crippen molar-refractivity contribution in [2.24, 2.45) is 0 Å². The highest BCUT2D eigenvalue weighted by atomic mass is 16.2. The summed E-state index contributed by atoms with van der Waals surface area (Å²) in [7, 11) is 0. The Balaban J connectivity index is 1.53. The summed E-state index contributed by atoms with van der Waals surface area (Å²) in [5, 5.41) is 3.01. The molecule has 136 valence electrons. The summed E-state index contributed by atoms with van der Waals surface area (Å²) < 4.78 is 0. The van der Waals surface area contributed by atoms with E-state index in [2.05, 4.69) is 29.6 Å². The Hall–Kier alpha value is -2.62. The van der Waals surface area contributed by atoms with Gasteiger partial charge in [0.2, 0.25) is 11.8 Å². The molecule has 1 saturated heterocycles. The largest absolute Gasteiger partial charge is 0.356 e. The molecule has 26 heavy (non-hydrogen) atoms. The lowest BCUT2D eigenvalue weighted by molar-refractivity contribution is -0.127. The number of rotatable bonds is 8. The van der Waals surface area contributed by atoms with E-state index < -0.39 is 0 Å². The maximum absolute atomic E-state index is 12.5. The van der Waals surface area contributed by atoms with Crippen LogP contribution in [0.3, 0.4) is 0 Å². The lowest BCUT2D eigenvalue weighted by Crippen LogP contribution is -2.31. The molecule has 0 aromatic heterocycles. The molecule has 1 aliphatic heterocycles. The predicted molar refractivity (Wildman–Crippen MR) is 103 cm³/mol. The molecule has 1 aliphatic rings. The number of likely N-dealkylation sites (tertiary alicyclic amines) is 1. The van der Waals surface area contributed by atoms with Crippen LogP contribution < -0.4 is 5.32 Å². The summed E-state index contributed by atoms with van der Waals surface area (Å²) in [6.45, 7) is 2.20. The van der Waals surface area contributed by atoms with Crippen LogP contribution >= 0.6 is 0 Å². The Morgan fingerprint density at radius 3 is 2.15 bits per heavy atom. The fraction of sp³-hybridized carbons (Fsp3) is 0.364. The standard InChI is InChI=1S/C22H26N2O2/c25-21(23-14-8-16-24-15-7-13-22(24)26)17-20(18-9-3-1-4-10-18)19-11-5-2-6-12-19/h1-6,9-12,20H,7-8,13-17H2,(H,23,25). The minimum Gasteiger partial charge on any atom is -0.356 e. The van der Waals surface area contributed by atoms with E-state index in [9.17, 15) is 9.59 Å². The number of carbonyl (C=O) groups is 2. The first-order valence-electron chi connectivity index (χ1n) is 9.38. The van der Waals surface area contributed by atoms with E-state index in [-0.39, 0.29) is 17.7 Å². The first-order chi connectivity index (χ1) is 12.7. The maximum Gasteiger partial charge on any atom is 0.222 e. The Morgan fingerprint density at radius 1 is 1.00 bits per heavy atom. The molecular weight excluding hydrogens is 324 g/mol. The van der Waals surface area contributed by atoms with Crippen molar-refractivity contribution in [3.63, 3.8) is 0 Å². The lowest BCUT2D eigenvalue weighted by Gasteiger charge is -2.18. The normalized spacial score (nSPS) is 14.0. The minimum atomic E-state index is 0.0513. The third kappa shape index (κ3) is 4.94. The van der Waals surface area contributed by atoms with Crippen LogP contribution in [0.4, 0.5) is 0 Å². The molecule has 1 N–H and O–H groups in total. The average Bonchev–Trinajstić information content (AvgIpc) is 3.09. The average molecular weight is 350 g/mol. The van der Waals surface area contributed by atoms with Crippen LogP contribution in [0.1, 0.15) is 42.7 Å². The van der Waals surface area contributed by atoms with Gasteiger partial charge in [-0.05, 0) is 24.0 Å². The number of nitrogens with one attached hydrogen (secondary N) is 1. The number of benzene rings is 2. The van der Waals surface area contributed by atoms with Crippen molar-refractivity contribution >= 4 is 11.8 Å². The van der Waals surface area contributed by atoms with Crippen LogP contribution in [0, 0.1) is 0 Å². The summed E-state index contributed by atoms with van der Waals surface area (Å²) in [6.07, 6.45) is 2.86. The highest BCUT2D eigenvalue weighted by Gasteiger charge is 2.20. The molecule has 0 unspecified atom stereocenters. The van der Waals surface area contributed by atoms with E-state index >= 15 is 0 Å². The molecule has 2 aromatic carbocycles.